The molecule has 0 fully saturated rings. The van der Waals surface area contributed by atoms with E-state index in [0.29, 0.717) is 34.0 Å². The largest absolute Gasteiger partial charge is 0.388 e. The quantitative estimate of drug-likeness (QED) is 0.0475. The lowest BCUT2D eigenvalue weighted by Gasteiger charge is -2.23. The standard InChI is InChI=1S/C36H40Br2N10O4/c1-45-20-25(18-29(45)34(50)41-13-10-32(39)40)43-35(51)30-19-26(21-46(30)2)44-36(52)31-17-23-16-24(6-9-28(23)47(31)3)42-33(49)22-4-7-27(8-5-22)48(14-11-37)15-12-38/h4-9,16-21H,10-15H2,1-3H3,(H3,39,40)(H,41,50)(H,42,49)(H,43,51)(H,44,52). The molecule has 272 valence electrons. The van der Waals surface area contributed by atoms with E-state index in [1.165, 1.54) is 0 Å². The molecule has 7 N–H and O–H groups in total. The van der Waals surface area contributed by atoms with Crippen molar-refractivity contribution in [2.24, 2.45) is 26.9 Å². The number of hydrogen-bond donors (Lipinski definition) is 6. The first-order chi connectivity index (χ1) is 24.9. The van der Waals surface area contributed by atoms with E-state index in [1.807, 2.05) is 36.4 Å². The van der Waals surface area contributed by atoms with E-state index in [0.717, 1.165) is 40.3 Å². The summed E-state index contributed by atoms with van der Waals surface area (Å²) in [6, 6.07) is 17.8. The number of fused-ring (bicyclic) bond motifs is 1. The van der Waals surface area contributed by atoms with Crippen molar-refractivity contribution in [2.75, 3.05) is 51.1 Å². The van der Waals surface area contributed by atoms with Gasteiger partial charge in [-0.25, -0.2) is 0 Å². The predicted molar refractivity (Wildman–Crippen MR) is 213 cm³/mol. The SMILES string of the molecule is Cn1cc(NC(=O)c2cc(NC(=O)c3cc4cc(NC(=O)c5ccc(N(CCBr)CCBr)cc5)ccc4n3C)cn2C)cc1C(=O)NCCC(=N)N. The molecule has 16 heteroatoms. The van der Waals surface area contributed by atoms with Crippen molar-refractivity contribution >= 4 is 95.0 Å². The average Bonchev–Trinajstić information content (AvgIpc) is 3.77. The van der Waals surface area contributed by atoms with Gasteiger partial charge < -0.3 is 45.6 Å². The van der Waals surface area contributed by atoms with Crippen LogP contribution in [-0.2, 0) is 21.1 Å². The Labute approximate surface area is 317 Å². The number of nitrogens with one attached hydrogen (secondary N) is 5. The van der Waals surface area contributed by atoms with Crippen LogP contribution < -0.4 is 31.9 Å². The topological polar surface area (TPSA) is 184 Å². The Morgan fingerprint density at radius 3 is 1.85 bits per heavy atom. The zero-order chi connectivity index (χ0) is 37.5. The monoisotopic (exact) mass is 834 g/mol. The van der Waals surface area contributed by atoms with Gasteiger partial charge >= 0.3 is 0 Å². The van der Waals surface area contributed by atoms with E-state index < -0.39 is 5.91 Å². The summed E-state index contributed by atoms with van der Waals surface area (Å²) in [4.78, 5) is 54.4. The first-order valence-electron chi connectivity index (χ1n) is 16.3. The van der Waals surface area contributed by atoms with Gasteiger partial charge in [0.25, 0.3) is 23.6 Å². The third-order valence-corrected chi connectivity index (χ3v) is 9.12. The number of carbonyl (C=O) groups is 4. The minimum atomic E-state index is -0.432. The molecule has 0 aliphatic carbocycles. The van der Waals surface area contributed by atoms with E-state index >= 15 is 0 Å². The highest BCUT2D eigenvalue weighted by Gasteiger charge is 2.19. The molecule has 52 heavy (non-hydrogen) atoms. The average molecular weight is 837 g/mol. The summed E-state index contributed by atoms with van der Waals surface area (Å²) >= 11 is 6.99. The normalized spacial score (nSPS) is 10.9. The third-order valence-electron chi connectivity index (χ3n) is 8.41. The number of aryl methyl sites for hydroxylation is 3. The summed E-state index contributed by atoms with van der Waals surface area (Å²) < 4.78 is 4.94. The molecule has 4 amide bonds. The number of amidine groups is 1. The summed E-state index contributed by atoms with van der Waals surface area (Å²) in [6.07, 6.45) is 3.48. The van der Waals surface area contributed by atoms with E-state index in [1.54, 1.807) is 71.5 Å². The third kappa shape index (κ3) is 8.92. The summed E-state index contributed by atoms with van der Waals surface area (Å²) in [6.45, 7) is 1.92. The molecule has 14 nitrogen and oxygen atoms in total. The molecule has 3 heterocycles. The highest BCUT2D eigenvalue weighted by atomic mass is 79.9. The summed E-state index contributed by atoms with van der Waals surface area (Å²) in [5, 5.41) is 21.1. The second-order valence-corrected chi connectivity index (χ2v) is 13.7. The molecular formula is C36H40Br2N10O4. The van der Waals surface area contributed by atoms with E-state index in [-0.39, 0.29) is 42.2 Å². The predicted octanol–water partition coefficient (Wildman–Crippen LogP) is 5.26. The number of rotatable bonds is 15. The molecular weight excluding hydrogens is 796 g/mol. The molecule has 5 rings (SSSR count). The number of halogens is 2. The van der Waals surface area contributed by atoms with Crippen LogP contribution in [-0.4, -0.2) is 73.5 Å². The lowest BCUT2D eigenvalue weighted by molar-refractivity contribution is 0.0944. The summed E-state index contributed by atoms with van der Waals surface area (Å²) in [5.41, 5.74) is 10.1. The van der Waals surface area contributed by atoms with Crippen LogP contribution in [0.15, 0.2) is 73.1 Å². The second kappa shape index (κ2) is 16.8. The molecule has 0 unspecified atom stereocenters. The fourth-order valence-corrected chi connectivity index (χ4v) is 6.61. The maximum atomic E-state index is 13.4. The number of carbonyl (C=O) groups excluding carboxylic acids is 4. The Bertz CT molecular complexity index is 2130. The smallest absolute Gasteiger partial charge is 0.272 e. The van der Waals surface area contributed by atoms with E-state index in [2.05, 4.69) is 58.0 Å². The van der Waals surface area contributed by atoms with Gasteiger partial charge in [-0.05, 0) is 60.7 Å². The number of anilines is 4. The van der Waals surface area contributed by atoms with Crippen LogP contribution in [0, 0.1) is 5.41 Å². The fraction of sp³-hybridized carbons (Fsp3) is 0.250. The minimum Gasteiger partial charge on any atom is -0.388 e. The van der Waals surface area contributed by atoms with Crippen molar-refractivity contribution in [3.63, 3.8) is 0 Å². The Balaban J connectivity index is 1.23. The number of alkyl halides is 2. The zero-order valence-electron chi connectivity index (χ0n) is 28.9. The minimum absolute atomic E-state index is 0.0243. The summed E-state index contributed by atoms with van der Waals surface area (Å²) in [7, 11) is 5.16. The van der Waals surface area contributed by atoms with Crippen LogP contribution in [0.3, 0.4) is 0 Å². The van der Waals surface area contributed by atoms with E-state index in [4.69, 9.17) is 11.1 Å². The molecule has 3 aromatic heterocycles. The number of benzene rings is 2. The Hall–Kier alpha value is -5.35. The van der Waals surface area contributed by atoms with Crippen LogP contribution in [0.25, 0.3) is 10.9 Å². The van der Waals surface area contributed by atoms with Gasteiger partial charge in [-0.3, -0.25) is 24.6 Å². The van der Waals surface area contributed by atoms with Gasteiger partial charge in [0.05, 0.1) is 17.2 Å². The van der Waals surface area contributed by atoms with Crippen LogP contribution >= 0.6 is 31.9 Å². The van der Waals surface area contributed by atoms with Crippen molar-refractivity contribution in [3.05, 3.63) is 95.7 Å². The number of nitrogens with zero attached hydrogens (tertiary/aromatic N) is 4. The molecule has 2 aromatic carbocycles. The Morgan fingerprint density at radius 2 is 1.27 bits per heavy atom. The van der Waals surface area contributed by atoms with Gasteiger partial charge in [0.2, 0.25) is 0 Å². The lowest BCUT2D eigenvalue weighted by atomic mass is 10.1. The maximum Gasteiger partial charge on any atom is 0.272 e. The van der Waals surface area contributed by atoms with Crippen LogP contribution in [0.2, 0.25) is 0 Å². The van der Waals surface area contributed by atoms with E-state index in [9.17, 15) is 19.2 Å². The van der Waals surface area contributed by atoms with Crippen LogP contribution in [0.1, 0.15) is 48.2 Å². The molecule has 0 atom stereocenters. The molecule has 0 saturated carbocycles. The first-order valence-corrected chi connectivity index (χ1v) is 18.6. The van der Waals surface area contributed by atoms with Crippen molar-refractivity contribution < 1.29 is 19.2 Å². The van der Waals surface area contributed by atoms with Crippen LogP contribution in [0.4, 0.5) is 22.7 Å². The first kappa shape index (κ1) is 37.9. The molecule has 0 bridgehead atoms. The Kier molecular flexibility index (Phi) is 12.2. The van der Waals surface area contributed by atoms with Crippen molar-refractivity contribution in [1.29, 1.82) is 5.41 Å². The van der Waals surface area contributed by atoms with Gasteiger partial charge in [-0.1, -0.05) is 31.9 Å². The van der Waals surface area contributed by atoms with Crippen LogP contribution in [0.5, 0.6) is 0 Å². The fourth-order valence-electron chi connectivity index (χ4n) is 5.75. The molecule has 0 aliphatic rings. The zero-order valence-corrected chi connectivity index (χ0v) is 32.1. The molecule has 0 radical (unpaired) electrons. The number of amides is 4. The maximum absolute atomic E-state index is 13.4. The van der Waals surface area contributed by atoms with Crippen molar-refractivity contribution in [1.82, 2.24) is 19.0 Å². The highest BCUT2D eigenvalue weighted by Crippen LogP contribution is 2.25. The van der Waals surface area contributed by atoms with Gasteiger partial charge in [-0.15, -0.1) is 0 Å². The molecule has 0 saturated heterocycles. The van der Waals surface area contributed by atoms with Crippen molar-refractivity contribution in [2.45, 2.75) is 6.42 Å². The van der Waals surface area contributed by atoms with Crippen molar-refractivity contribution in [3.8, 4) is 0 Å². The summed E-state index contributed by atoms with van der Waals surface area (Å²) in [5.74, 6) is -1.43. The second-order valence-electron chi connectivity index (χ2n) is 12.1. The molecule has 0 spiro atoms. The highest BCUT2D eigenvalue weighted by molar-refractivity contribution is 9.09. The van der Waals surface area contributed by atoms with Gasteiger partial charge in [0.1, 0.15) is 17.1 Å². The van der Waals surface area contributed by atoms with Gasteiger partial charge in [0.15, 0.2) is 0 Å². The number of nitrogens with two attached hydrogens (primary N) is 1. The number of aromatic nitrogens is 3. The van der Waals surface area contributed by atoms with Gasteiger partial charge in [0, 0.05) is 98.1 Å². The Morgan fingerprint density at radius 1 is 0.712 bits per heavy atom. The lowest BCUT2D eigenvalue weighted by Crippen LogP contribution is -2.28. The molecule has 5 aromatic rings. The number of hydrogen-bond acceptors (Lipinski definition) is 6. The van der Waals surface area contributed by atoms with Gasteiger partial charge in [-0.2, -0.15) is 0 Å². The molecule has 0 aliphatic heterocycles.